The van der Waals surface area contributed by atoms with Crippen LogP contribution in [0.2, 0.25) is 0 Å². The van der Waals surface area contributed by atoms with Crippen molar-refractivity contribution in [3.8, 4) is 0 Å². The molecule has 29 heteroatoms. The third-order valence-corrected chi connectivity index (χ3v) is 18.2. The number of nitrogens with zero attached hydrogens (tertiary/aromatic N) is 2. The van der Waals surface area contributed by atoms with Gasteiger partial charge in [0, 0.05) is 63.7 Å². The number of allylic oxidation sites excluding steroid dienone is 12. The van der Waals surface area contributed by atoms with Gasteiger partial charge in [-0.15, -0.1) is 0 Å². The van der Waals surface area contributed by atoms with Crippen LogP contribution in [0.15, 0.2) is 85.1 Å². The van der Waals surface area contributed by atoms with E-state index < -0.39 is 221 Å². The van der Waals surface area contributed by atoms with E-state index in [-0.39, 0.29) is 44.7 Å². The molecule has 5 saturated heterocycles. The normalized spacial score (nSPS) is 46.3. The molecule has 28 atom stereocenters. The maximum Gasteiger partial charge on any atom is 0.308 e. The molecule has 0 spiro atoms. The minimum absolute atomic E-state index is 0.148. The molecule has 6 heterocycles. The molecule has 2 bridgehead atoms. The van der Waals surface area contributed by atoms with Crippen LogP contribution >= 0.6 is 0 Å². The van der Waals surface area contributed by atoms with Gasteiger partial charge in [0.1, 0.15) is 54.9 Å². The third kappa shape index (κ3) is 22.3. The summed E-state index contributed by atoms with van der Waals surface area (Å²) in [7, 11) is 1.89. The molecule has 5 unspecified atom stereocenters. The molecule has 6 aliphatic heterocycles. The Morgan fingerprint density at radius 2 is 1.22 bits per heavy atom. The minimum atomic E-state index is -2.67. The van der Waals surface area contributed by atoms with Crippen LogP contribution in [-0.2, 0) is 42.7 Å². The Morgan fingerprint density at radius 3 is 1.84 bits per heavy atom. The lowest BCUT2D eigenvalue weighted by Crippen LogP contribution is -2.70. The van der Waals surface area contributed by atoms with Gasteiger partial charge in [-0.25, -0.2) is 0 Å². The molecule has 0 saturated carbocycles. The largest absolute Gasteiger partial charge is 0.462 e. The van der Waals surface area contributed by atoms with E-state index in [0.717, 1.165) is 0 Å². The Labute approximate surface area is 542 Å². The zero-order chi connectivity index (χ0) is 68.5. The second-order valence-electron chi connectivity index (χ2n) is 25.7. The Morgan fingerprint density at radius 1 is 0.613 bits per heavy atom. The standard InChI is InChI=1S/C64H103N3O26/c1-35-18-16-14-12-10-8-6-7-9-11-13-15-17-19-42(90-61-55(80)51(53(78)38(4)89-61)65-34-64(86)59(83)58(46(75)33-87-64)92-62-57(82)56(81)54(79)48(32-68)91-62)29-47-50(60(84)67-24-22-66(5)23-25-67)45(74)31-63(85,93-47)30-41(71)27-44(73)43(72)21-20-39(69)26-40(70)28-49(76)88-37(3)36(2)52(35)77/h6-19,35-48,50-59,61-62,65,68-75,77-83,85-86H,20-34H2,1-5H3/b7-6+,10-8+,11-9+,14-12+,15-13+,18-16+,19-17?/t35-,36?,37-,38+,39+,40+,41-,42-,43+,44+,45-,46+,47?,48+,50?,51-,52+,53+,54+,55-,56-,57+,58+,59-,61?,62?,63+,64+/m0/s1. The summed E-state index contributed by atoms with van der Waals surface area (Å²) in [5, 5.41) is 191. The van der Waals surface area contributed by atoms with Crippen LogP contribution in [0.25, 0.3) is 0 Å². The van der Waals surface area contributed by atoms with Crippen molar-refractivity contribution in [3.63, 3.8) is 0 Å². The summed E-state index contributed by atoms with van der Waals surface area (Å²) >= 11 is 0. The fraction of sp³-hybridized carbons (Fsp3) is 0.750. The maximum absolute atomic E-state index is 14.6. The Balaban J connectivity index is 1.26. The molecule has 530 valence electrons. The molecular weight excluding hydrogens is 1230 g/mol. The van der Waals surface area contributed by atoms with Crippen LogP contribution in [0.1, 0.15) is 79.1 Å². The lowest BCUT2D eigenvalue weighted by Gasteiger charge is -2.48. The van der Waals surface area contributed by atoms with Crippen molar-refractivity contribution >= 4 is 11.9 Å². The van der Waals surface area contributed by atoms with E-state index in [1.807, 2.05) is 18.9 Å². The summed E-state index contributed by atoms with van der Waals surface area (Å²) in [5.74, 6) is -8.52. The SMILES string of the molecule is CC1[C@H](C)OC(=O)C[C@H](O)C[C@H](O)CC[C@@H](O)[C@H](O)C[C@H](O)C[C@]2(O)C[C@H](O)C(C(=O)N3CCN(C)CC3)C(C[C@@H](OC3O[C@H](C)[C@@H](O)[C@H](NC[C@@]4(O)OC[C@@H](O)[C@@H](OC5O[C@H](CO)[C@@H](O)[C@H](O)[C@H]5O)[C@@H]4O)[C@@H]3O)C=C/C=C/C=C/C=C/C=C/C=C/C=C/[C@H](C)[C@H]1O)O2. The number of likely N-dealkylation sites (N-methyl/N-ethyl adjacent to an activating group) is 1. The molecule has 0 aromatic carbocycles. The smallest absolute Gasteiger partial charge is 0.308 e. The van der Waals surface area contributed by atoms with Gasteiger partial charge in [-0.05, 0) is 40.2 Å². The van der Waals surface area contributed by atoms with Gasteiger partial charge >= 0.3 is 5.97 Å². The Kier molecular flexibility index (Phi) is 30.8. The number of piperazine rings is 1. The van der Waals surface area contributed by atoms with Gasteiger partial charge in [-0.3, -0.25) is 9.59 Å². The van der Waals surface area contributed by atoms with Gasteiger partial charge < -0.3 is 135 Å². The summed E-state index contributed by atoms with van der Waals surface area (Å²) in [4.78, 5) is 31.0. The number of carbonyl (C=O) groups is 2. The first-order valence-corrected chi connectivity index (χ1v) is 32.1. The zero-order valence-electron chi connectivity index (χ0n) is 53.4. The quantitative estimate of drug-likeness (QED) is 0.0971. The van der Waals surface area contributed by atoms with Crippen LogP contribution < -0.4 is 5.32 Å². The van der Waals surface area contributed by atoms with Crippen molar-refractivity contribution in [1.82, 2.24) is 15.1 Å². The Bertz CT molecular complexity index is 2500. The molecule has 0 aliphatic carbocycles. The van der Waals surface area contributed by atoms with Crippen molar-refractivity contribution in [2.24, 2.45) is 17.8 Å². The summed E-state index contributed by atoms with van der Waals surface area (Å²) in [6.45, 7) is 5.89. The molecule has 93 heavy (non-hydrogen) atoms. The average Bonchev–Trinajstić information content (AvgIpc) is 0.812. The van der Waals surface area contributed by atoms with Gasteiger partial charge in [0.05, 0.1) is 105 Å². The number of rotatable bonds is 9. The number of amides is 1. The van der Waals surface area contributed by atoms with E-state index in [4.69, 9.17) is 33.2 Å². The predicted molar refractivity (Wildman–Crippen MR) is 329 cm³/mol. The summed E-state index contributed by atoms with van der Waals surface area (Å²) in [5.41, 5.74) is 0. The van der Waals surface area contributed by atoms with Crippen molar-refractivity contribution in [2.75, 3.05) is 53.0 Å². The highest BCUT2D eigenvalue weighted by molar-refractivity contribution is 5.80. The molecular formula is C64H103N3O26. The molecule has 0 aromatic heterocycles. The number of cyclic esters (lactones) is 1. The van der Waals surface area contributed by atoms with Gasteiger partial charge in [-0.2, -0.15) is 0 Å². The maximum atomic E-state index is 14.6. The number of ether oxygens (including phenoxy) is 7. The molecule has 0 aromatic rings. The highest BCUT2D eigenvalue weighted by atomic mass is 16.7. The predicted octanol–water partition coefficient (Wildman–Crippen LogP) is -4.34. The van der Waals surface area contributed by atoms with Crippen molar-refractivity contribution in [2.45, 2.75) is 231 Å². The van der Waals surface area contributed by atoms with Crippen LogP contribution in [0.5, 0.6) is 0 Å². The topological polar surface area (TPSA) is 461 Å². The lowest BCUT2D eigenvalue weighted by atomic mass is 9.81. The lowest BCUT2D eigenvalue weighted by molar-refractivity contribution is -0.368. The number of fused-ring (bicyclic) bond motifs is 2. The molecule has 6 rings (SSSR count). The number of hydrogen-bond donors (Lipinski definition) is 18. The number of carbonyl (C=O) groups excluding carboxylic acids is 2. The first-order chi connectivity index (χ1) is 44.0. The second kappa shape index (κ2) is 36.6. The molecule has 0 radical (unpaired) electrons. The average molecular weight is 1330 g/mol. The summed E-state index contributed by atoms with van der Waals surface area (Å²) in [6, 6.07) is -1.46. The van der Waals surface area contributed by atoms with Gasteiger partial charge in [0.15, 0.2) is 18.4 Å². The highest BCUT2D eigenvalue weighted by Crippen LogP contribution is 2.40. The van der Waals surface area contributed by atoms with Crippen LogP contribution in [0.4, 0.5) is 0 Å². The third-order valence-electron chi connectivity index (χ3n) is 18.2. The summed E-state index contributed by atoms with van der Waals surface area (Å²) in [6.07, 6.45) is -13.2. The number of nitrogens with one attached hydrogen (secondary N) is 1. The number of esters is 1. The molecule has 5 fully saturated rings. The summed E-state index contributed by atoms with van der Waals surface area (Å²) < 4.78 is 40.9. The van der Waals surface area contributed by atoms with E-state index in [0.29, 0.717) is 13.1 Å². The van der Waals surface area contributed by atoms with Crippen molar-refractivity contribution in [1.29, 1.82) is 0 Å². The molecule has 1 amide bonds. The highest BCUT2D eigenvalue weighted by Gasteiger charge is 2.56. The van der Waals surface area contributed by atoms with E-state index in [1.54, 1.807) is 97.7 Å². The second-order valence-corrected chi connectivity index (χ2v) is 25.7. The van der Waals surface area contributed by atoms with Gasteiger partial charge in [0.2, 0.25) is 11.7 Å². The number of hydrogen-bond acceptors (Lipinski definition) is 28. The van der Waals surface area contributed by atoms with Gasteiger partial charge in [-0.1, -0.05) is 98.9 Å². The van der Waals surface area contributed by atoms with Crippen LogP contribution in [0, 0.1) is 17.8 Å². The minimum Gasteiger partial charge on any atom is -0.462 e. The van der Waals surface area contributed by atoms with E-state index in [9.17, 15) is 96.4 Å². The van der Waals surface area contributed by atoms with Gasteiger partial charge in [0.25, 0.3) is 0 Å². The van der Waals surface area contributed by atoms with E-state index in [2.05, 4.69) is 5.32 Å². The van der Waals surface area contributed by atoms with E-state index >= 15 is 0 Å². The fourth-order valence-electron chi connectivity index (χ4n) is 12.2. The van der Waals surface area contributed by atoms with E-state index in [1.165, 1.54) is 13.0 Å². The first-order valence-electron chi connectivity index (χ1n) is 32.1. The van der Waals surface area contributed by atoms with Crippen molar-refractivity contribution in [3.05, 3.63) is 85.1 Å². The zero-order valence-corrected chi connectivity index (χ0v) is 53.4. The van der Waals surface area contributed by atoms with Crippen LogP contribution in [0.3, 0.4) is 0 Å². The van der Waals surface area contributed by atoms with Crippen molar-refractivity contribution < 1.29 is 130 Å². The monoisotopic (exact) mass is 1330 g/mol. The molecule has 29 nitrogen and oxygen atoms in total. The first kappa shape index (κ1) is 78.1. The number of aliphatic hydroxyl groups is 17. The Hall–Kier alpha value is -3.88. The number of aliphatic hydroxyl groups excluding tert-OH is 15. The molecule has 18 N–H and O–H groups in total. The molecule has 6 aliphatic rings. The van der Waals surface area contributed by atoms with Crippen LogP contribution in [-0.4, -0.2) is 314 Å². The fourth-order valence-corrected chi connectivity index (χ4v) is 12.2.